The Bertz CT molecular complexity index is 415. The second kappa shape index (κ2) is 5.92. The Morgan fingerprint density at radius 2 is 2.18 bits per heavy atom. The van der Waals surface area contributed by atoms with Crippen LogP contribution in [0.2, 0.25) is 5.02 Å². The molecule has 94 valence electrons. The molecule has 0 heterocycles. The standard InChI is InChI=1S/C13H17ClO3/c1-8(5-12(15)16)4-10-7-11(14)6-9(2)13(10)17-3/h6-8H,4-5H2,1-3H3,(H,15,16). The second-order valence-corrected chi connectivity index (χ2v) is 4.76. The van der Waals surface area contributed by atoms with Gasteiger partial charge in [0.05, 0.1) is 7.11 Å². The molecule has 0 saturated carbocycles. The smallest absolute Gasteiger partial charge is 0.303 e. The minimum atomic E-state index is -0.782. The van der Waals surface area contributed by atoms with E-state index in [0.29, 0.717) is 11.4 Å². The van der Waals surface area contributed by atoms with Gasteiger partial charge in [-0.3, -0.25) is 4.79 Å². The van der Waals surface area contributed by atoms with Crippen molar-refractivity contribution in [2.75, 3.05) is 7.11 Å². The molecule has 0 radical (unpaired) electrons. The summed E-state index contributed by atoms with van der Waals surface area (Å²) in [5.74, 6) is 0.0705. The molecule has 0 bridgehead atoms. The molecule has 0 aliphatic rings. The number of methoxy groups -OCH3 is 1. The molecule has 1 rings (SSSR count). The molecule has 0 aliphatic heterocycles. The van der Waals surface area contributed by atoms with Crippen LogP contribution in [0.5, 0.6) is 5.75 Å². The Kier molecular flexibility index (Phi) is 4.82. The van der Waals surface area contributed by atoms with Crippen LogP contribution in [0.25, 0.3) is 0 Å². The van der Waals surface area contributed by atoms with E-state index < -0.39 is 5.97 Å². The fourth-order valence-electron chi connectivity index (χ4n) is 1.99. The number of hydrogen-bond donors (Lipinski definition) is 1. The number of rotatable bonds is 5. The third-order valence-corrected chi connectivity index (χ3v) is 2.83. The van der Waals surface area contributed by atoms with Crippen LogP contribution in [0.15, 0.2) is 12.1 Å². The fourth-order valence-corrected chi connectivity index (χ4v) is 2.28. The molecule has 1 aromatic carbocycles. The van der Waals surface area contributed by atoms with Gasteiger partial charge in [0.1, 0.15) is 5.75 Å². The van der Waals surface area contributed by atoms with Crippen molar-refractivity contribution in [1.29, 1.82) is 0 Å². The van der Waals surface area contributed by atoms with E-state index in [1.807, 2.05) is 26.0 Å². The third kappa shape index (κ3) is 3.93. The molecule has 0 spiro atoms. The predicted octanol–water partition coefficient (Wildman–Crippen LogP) is 3.31. The van der Waals surface area contributed by atoms with E-state index in [4.69, 9.17) is 21.4 Å². The van der Waals surface area contributed by atoms with E-state index in [2.05, 4.69) is 0 Å². The van der Waals surface area contributed by atoms with Crippen molar-refractivity contribution in [2.45, 2.75) is 26.7 Å². The van der Waals surface area contributed by atoms with Gasteiger partial charge >= 0.3 is 5.97 Å². The van der Waals surface area contributed by atoms with Gasteiger partial charge in [0.2, 0.25) is 0 Å². The van der Waals surface area contributed by atoms with Crippen LogP contribution in [0, 0.1) is 12.8 Å². The molecule has 1 N–H and O–H groups in total. The van der Waals surface area contributed by atoms with Crippen LogP contribution in [0.3, 0.4) is 0 Å². The quantitative estimate of drug-likeness (QED) is 0.879. The highest BCUT2D eigenvalue weighted by molar-refractivity contribution is 6.30. The first-order valence-corrected chi connectivity index (χ1v) is 5.86. The molecule has 0 aliphatic carbocycles. The summed E-state index contributed by atoms with van der Waals surface area (Å²) in [6, 6.07) is 3.68. The zero-order chi connectivity index (χ0) is 13.0. The van der Waals surface area contributed by atoms with E-state index >= 15 is 0 Å². The molecule has 0 amide bonds. The molecule has 0 aromatic heterocycles. The van der Waals surface area contributed by atoms with Crippen LogP contribution in [-0.4, -0.2) is 18.2 Å². The normalized spacial score (nSPS) is 12.2. The first kappa shape index (κ1) is 13.8. The average molecular weight is 257 g/mol. The molecule has 1 aromatic rings. The Balaban J connectivity index is 2.92. The molecular formula is C13H17ClO3. The maximum absolute atomic E-state index is 10.6. The highest BCUT2D eigenvalue weighted by Crippen LogP contribution is 2.29. The number of carboxylic acids is 1. The van der Waals surface area contributed by atoms with Crippen molar-refractivity contribution in [2.24, 2.45) is 5.92 Å². The molecule has 3 nitrogen and oxygen atoms in total. The number of carboxylic acid groups (broad SMARTS) is 1. The van der Waals surface area contributed by atoms with Crippen LogP contribution in [0.1, 0.15) is 24.5 Å². The number of benzene rings is 1. The number of halogens is 1. The Labute approximate surface area is 106 Å². The average Bonchev–Trinajstić information content (AvgIpc) is 2.15. The summed E-state index contributed by atoms with van der Waals surface area (Å²) < 4.78 is 5.33. The zero-order valence-electron chi connectivity index (χ0n) is 10.3. The fraction of sp³-hybridized carbons (Fsp3) is 0.462. The first-order valence-electron chi connectivity index (χ1n) is 5.48. The van der Waals surface area contributed by atoms with Gasteiger partial charge in [-0.15, -0.1) is 0 Å². The maximum Gasteiger partial charge on any atom is 0.303 e. The summed E-state index contributed by atoms with van der Waals surface area (Å²) in [4.78, 5) is 10.6. The lowest BCUT2D eigenvalue weighted by atomic mass is 9.96. The number of hydrogen-bond acceptors (Lipinski definition) is 2. The van der Waals surface area contributed by atoms with E-state index in [9.17, 15) is 4.79 Å². The monoisotopic (exact) mass is 256 g/mol. The van der Waals surface area contributed by atoms with Gasteiger partial charge in [-0.1, -0.05) is 18.5 Å². The van der Waals surface area contributed by atoms with Crippen LogP contribution >= 0.6 is 11.6 Å². The van der Waals surface area contributed by atoms with E-state index in [-0.39, 0.29) is 12.3 Å². The summed E-state index contributed by atoms with van der Waals surface area (Å²) >= 11 is 6.00. The van der Waals surface area contributed by atoms with Crippen molar-refractivity contribution in [3.8, 4) is 5.75 Å². The van der Waals surface area contributed by atoms with Gasteiger partial charge in [-0.2, -0.15) is 0 Å². The van der Waals surface area contributed by atoms with E-state index in [1.165, 1.54) is 0 Å². The Morgan fingerprint density at radius 1 is 1.53 bits per heavy atom. The van der Waals surface area contributed by atoms with Gasteiger partial charge in [0, 0.05) is 11.4 Å². The maximum atomic E-state index is 10.6. The summed E-state index contributed by atoms with van der Waals surface area (Å²) in [5.41, 5.74) is 1.93. The molecule has 0 fully saturated rings. The largest absolute Gasteiger partial charge is 0.496 e. The second-order valence-electron chi connectivity index (χ2n) is 4.32. The number of aliphatic carboxylic acids is 1. The minimum absolute atomic E-state index is 0.0549. The molecule has 0 saturated heterocycles. The molecular weight excluding hydrogens is 240 g/mol. The third-order valence-electron chi connectivity index (χ3n) is 2.61. The van der Waals surface area contributed by atoms with Crippen molar-refractivity contribution >= 4 is 17.6 Å². The SMILES string of the molecule is COc1c(C)cc(Cl)cc1CC(C)CC(=O)O. The topological polar surface area (TPSA) is 46.5 Å². The molecule has 4 heteroatoms. The molecule has 1 atom stereocenters. The van der Waals surface area contributed by atoms with Gasteiger partial charge in [-0.25, -0.2) is 0 Å². The first-order chi connectivity index (χ1) is 7.93. The Morgan fingerprint density at radius 3 is 2.71 bits per heavy atom. The highest BCUT2D eigenvalue weighted by Gasteiger charge is 2.14. The summed E-state index contributed by atoms with van der Waals surface area (Å²) in [7, 11) is 1.61. The van der Waals surface area contributed by atoms with Crippen molar-refractivity contribution in [1.82, 2.24) is 0 Å². The van der Waals surface area contributed by atoms with Crippen molar-refractivity contribution < 1.29 is 14.6 Å². The van der Waals surface area contributed by atoms with Gasteiger partial charge in [0.25, 0.3) is 0 Å². The zero-order valence-corrected chi connectivity index (χ0v) is 11.0. The Hall–Kier alpha value is -1.22. The molecule has 17 heavy (non-hydrogen) atoms. The summed E-state index contributed by atoms with van der Waals surface area (Å²) in [5, 5.41) is 9.39. The lowest BCUT2D eigenvalue weighted by Gasteiger charge is -2.15. The number of ether oxygens (including phenoxy) is 1. The van der Waals surface area contributed by atoms with Crippen molar-refractivity contribution in [3.05, 3.63) is 28.3 Å². The van der Waals surface area contributed by atoms with Gasteiger partial charge in [0.15, 0.2) is 0 Å². The highest BCUT2D eigenvalue weighted by atomic mass is 35.5. The summed E-state index contributed by atoms with van der Waals surface area (Å²) in [6.45, 7) is 3.83. The van der Waals surface area contributed by atoms with Crippen LogP contribution in [-0.2, 0) is 11.2 Å². The van der Waals surface area contributed by atoms with Crippen LogP contribution in [0.4, 0.5) is 0 Å². The van der Waals surface area contributed by atoms with E-state index in [0.717, 1.165) is 16.9 Å². The number of aryl methyl sites for hydroxylation is 1. The van der Waals surface area contributed by atoms with Crippen molar-refractivity contribution in [3.63, 3.8) is 0 Å². The minimum Gasteiger partial charge on any atom is -0.496 e. The lowest BCUT2D eigenvalue weighted by molar-refractivity contribution is -0.137. The van der Waals surface area contributed by atoms with E-state index in [1.54, 1.807) is 7.11 Å². The van der Waals surface area contributed by atoms with Gasteiger partial charge in [-0.05, 0) is 42.5 Å². The number of carbonyl (C=O) groups is 1. The van der Waals surface area contributed by atoms with Crippen LogP contribution < -0.4 is 4.74 Å². The lowest BCUT2D eigenvalue weighted by Crippen LogP contribution is -2.08. The predicted molar refractivity (Wildman–Crippen MR) is 67.9 cm³/mol. The van der Waals surface area contributed by atoms with Gasteiger partial charge < -0.3 is 9.84 Å². The molecule has 1 unspecified atom stereocenters. The summed E-state index contributed by atoms with van der Waals surface area (Å²) in [6.07, 6.45) is 0.797.